The number of halogens is 1. The Balaban J connectivity index is 1.89. The average molecular weight is 391 g/mol. The van der Waals surface area contributed by atoms with Crippen LogP contribution in [-0.4, -0.2) is 17.4 Å². The van der Waals surface area contributed by atoms with Gasteiger partial charge in [0.25, 0.3) is 5.91 Å². The van der Waals surface area contributed by atoms with Gasteiger partial charge >= 0.3 is 0 Å². The van der Waals surface area contributed by atoms with Gasteiger partial charge in [-0.2, -0.15) is 0 Å². The molecule has 1 unspecified atom stereocenters. The summed E-state index contributed by atoms with van der Waals surface area (Å²) in [5, 5.41) is 0. The molecule has 21 heavy (non-hydrogen) atoms. The molecule has 2 nitrogen and oxygen atoms in total. The van der Waals surface area contributed by atoms with Crippen molar-refractivity contribution < 1.29 is 4.79 Å². The number of hydrogen-bond donors (Lipinski definition) is 0. The van der Waals surface area contributed by atoms with Crippen molar-refractivity contribution in [2.45, 2.75) is 25.8 Å². The molecule has 1 amide bonds. The number of rotatable bonds is 2. The van der Waals surface area contributed by atoms with E-state index in [1.165, 1.54) is 11.1 Å². The fourth-order valence-corrected chi connectivity index (χ4v) is 3.41. The smallest absolute Gasteiger partial charge is 0.254 e. The molecule has 2 aromatic rings. The predicted molar refractivity (Wildman–Crippen MR) is 93.3 cm³/mol. The van der Waals surface area contributed by atoms with E-state index in [1.54, 1.807) is 0 Å². The lowest BCUT2D eigenvalue weighted by atomic mass is 9.99. The summed E-state index contributed by atoms with van der Waals surface area (Å²) in [4.78, 5) is 14.8. The summed E-state index contributed by atoms with van der Waals surface area (Å²) >= 11 is 2.26. The molecule has 0 aliphatic carbocycles. The minimum absolute atomic E-state index is 0.150. The summed E-state index contributed by atoms with van der Waals surface area (Å²) in [6.45, 7) is 2.98. The molecule has 0 radical (unpaired) electrons. The van der Waals surface area contributed by atoms with Crippen LogP contribution in [0.3, 0.4) is 0 Å². The van der Waals surface area contributed by atoms with E-state index < -0.39 is 0 Å². The van der Waals surface area contributed by atoms with Crippen LogP contribution >= 0.6 is 22.6 Å². The van der Waals surface area contributed by atoms with Crippen molar-refractivity contribution in [3.8, 4) is 0 Å². The molecule has 0 spiro atoms. The monoisotopic (exact) mass is 391 g/mol. The molecule has 0 bridgehead atoms. The van der Waals surface area contributed by atoms with Crippen LogP contribution in [0.1, 0.15) is 40.4 Å². The van der Waals surface area contributed by atoms with Crippen LogP contribution in [-0.2, 0) is 0 Å². The van der Waals surface area contributed by atoms with Gasteiger partial charge in [0.1, 0.15) is 0 Å². The lowest BCUT2D eigenvalue weighted by molar-refractivity contribution is 0.0735. The number of benzene rings is 2. The van der Waals surface area contributed by atoms with Crippen molar-refractivity contribution in [3.63, 3.8) is 0 Å². The molecule has 1 aliphatic rings. The first-order valence-electron chi connectivity index (χ1n) is 7.29. The Kier molecular flexibility index (Phi) is 4.29. The molecule has 108 valence electrons. The van der Waals surface area contributed by atoms with E-state index in [4.69, 9.17) is 0 Å². The van der Waals surface area contributed by atoms with Gasteiger partial charge in [0, 0.05) is 15.7 Å². The molecule has 0 N–H and O–H groups in total. The minimum Gasteiger partial charge on any atom is -0.332 e. The van der Waals surface area contributed by atoms with Crippen molar-refractivity contribution in [1.82, 2.24) is 4.90 Å². The van der Waals surface area contributed by atoms with Crippen LogP contribution in [0, 0.1) is 10.5 Å². The van der Waals surface area contributed by atoms with Crippen LogP contribution < -0.4 is 0 Å². The Morgan fingerprint density at radius 3 is 2.57 bits per heavy atom. The number of carbonyl (C=O) groups is 1. The molecule has 0 aromatic heterocycles. The number of amides is 1. The first-order valence-corrected chi connectivity index (χ1v) is 8.37. The van der Waals surface area contributed by atoms with E-state index in [1.807, 2.05) is 29.2 Å². The van der Waals surface area contributed by atoms with Gasteiger partial charge in [-0.3, -0.25) is 4.79 Å². The summed E-state index contributed by atoms with van der Waals surface area (Å²) in [6, 6.07) is 16.5. The SMILES string of the molecule is Cc1ccccc1C1CCCN1C(=O)c1ccc(I)cc1. The Morgan fingerprint density at radius 2 is 1.86 bits per heavy atom. The van der Waals surface area contributed by atoms with Crippen LogP contribution in [0.2, 0.25) is 0 Å². The molecular weight excluding hydrogens is 373 g/mol. The van der Waals surface area contributed by atoms with Gasteiger partial charge < -0.3 is 4.90 Å². The third kappa shape index (κ3) is 2.98. The second kappa shape index (κ2) is 6.18. The highest BCUT2D eigenvalue weighted by Gasteiger charge is 2.31. The number of hydrogen-bond acceptors (Lipinski definition) is 1. The van der Waals surface area contributed by atoms with Gasteiger partial charge in [-0.15, -0.1) is 0 Å². The third-order valence-electron chi connectivity index (χ3n) is 4.15. The highest BCUT2D eigenvalue weighted by atomic mass is 127. The maximum absolute atomic E-state index is 12.8. The molecule has 1 heterocycles. The zero-order valence-electron chi connectivity index (χ0n) is 12.1. The molecule has 2 aromatic carbocycles. The Morgan fingerprint density at radius 1 is 1.14 bits per heavy atom. The molecule has 1 fully saturated rings. The fourth-order valence-electron chi connectivity index (χ4n) is 3.05. The highest BCUT2D eigenvalue weighted by Crippen LogP contribution is 2.34. The maximum atomic E-state index is 12.8. The van der Waals surface area contributed by atoms with Crippen LogP contribution in [0.4, 0.5) is 0 Å². The van der Waals surface area contributed by atoms with Crippen molar-refractivity contribution in [2.24, 2.45) is 0 Å². The summed E-state index contributed by atoms with van der Waals surface area (Å²) < 4.78 is 1.15. The Hall–Kier alpha value is -1.36. The second-order valence-corrected chi connectivity index (χ2v) is 6.77. The van der Waals surface area contributed by atoms with Gasteiger partial charge in [-0.05, 0) is 77.7 Å². The van der Waals surface area contributed by atoms with Crippen LogP contribution in [0.15, 0.2) is 48.5 Å². The number of carbonyl (C=O) groups excluding carboxylic acids is 1. The van der Waals surface area contributed by atoms with Crippen molar-refractivity contribution in [1.29, 1.82) is 0 Å². The van der Waals surface area contributed by atoms with E-state index in [2.05, 4.69) is 53.8 Å². The number of likely N-dealkylation sites (tertiary alicyclic amines) is 1. The molecule has 3 rings (SSSR count). The molecular formula is C18H18INO. The van der Waals surface area contributed by atoms with E-state index in [0.717, 1.165) is 28.5 Å². The van der Waals surface area contributed by atoms with Gasteiger partial charge in [0.2, 0.25) is 0 Å². The van der Waals surface area contributed by atoms with E-state index >= 15 is 0 Å². The zero-order valence-corrected chi connectivity index (χ0v) is 14.2. The van der Waals surface area contributed by atoms with Gasteiger partial charge in [0.15, 0.2) is 0 Å². The van der Waals surface area contributed by atoms with Gasteiger partial charge in [-0.25, -0.2) is 0 Å². The normalized spacial score (nSPS) is 18.0. The van der Waals surface area contributed by atoms with E-state index in [9.17, 15) is 4.79 Å². The van der Waals surface area contributed by atoms with Gasteiger partial charge in [-0.1, -0.05) is 24.3 Å². The highest BCUT2D eigenvalue weighted by molar-refractivity contribution is 14.1. The molecule has 1 atom stereocenters. The summed E-state index contributed by atoms with van der Waals surface area (Å²) in [5.41, 5.74) is 3.34. The van der Waals surface area contributed by atoms with Crippen molar-refractivity contribution in [3.05, 3.63) is 68.8 Å². The lowest BCUT2D eigenvalue weighted by Gasteiger charge is -2.26. The lowest BCUT2D eigenvalue weighted by Crippen LogP contribution is -2.30. The predicted octanol–water partition coefficient (Wildman–Crippen LogP) is 4.58. The first-order chi connectivity index (χ1) is 10.2. The second-order valence-electron chi connectivity index (χ2n) is 5.52. The standard InChI is InChI=1S/C18H18INO/c1-13-5-2-3-6-16(13)17-7-4-12-20(17)18(21)14-8-10-15(19)11-9-14/h2-3,5-6,8-11,17H,4,7,12H2,1H3. The topological polar surface area (TPSA) is 20.3 Å². The maximum Gasteiger partial charge on any atom is 0.254 e. The molecule has 3 heteroatoms. The number of aryl methyl sites for hydroxylation is 1. The summed E-state index contributed by atoms with van der Waals surface area (Å²) in [7, 11) is 0. The van der Waals surface area contributed by atoms with E-state index in [-0.39, 0.29) is 11.9 Å². The van der Waals surface area contributed by atoms with Crippen molar-refractivity contribution >= 4 is 28.5 Å². The zero-order chi connectivity index (χ0) is 14.8. The summed E-state index contributed by atoms with van der Waals surface area (Å²) in [6.07, 6.45) is 2.13. The Bertz CT molecular complexity index is 651. The fraction of sp³-hybridized carbons (Fsp3) is 0.278. The van der Waals surface area contributed by atoms with Crippen LogP contribution in [0.25, 0.3) is 0 Å². The number of nitrogens with zero attached hydrogens (tertiary/aromatic N) is 1. The summed E-state index contributed by atoms with van der Waals surface area (Å²) in [5.74, 6) is 0.150. The van der Waals surface area contributed by atoms with E-state index in [0.29, 0.717) is 0 Å². The first kappa shape index (κ1) is 14.6. The van der Waals surface area contributed by atoms with Crippen molar-refractivity contribution in [2.75, 3.05) is 6.54 Å². The van der Waals surface area contributed by atoms with Crippen LogP contribution in [0.5, 0.6) is 0 Å². The quantitative estimate of drug-likeness (QED) is 0.687. The minimum atomic E-state index is 0.150. The Labute approximate surface area is 139 Å². The largest absolute Gasteiger partial charge is 0.332 e. The molecule has 1 aliphatic heterocycles. The molecule has 0 saturated carbocycles. The average Bonchev–Trinajstić information content (AvgIpc) is 2.97. The third-order valence-corrected chi connectivity index (χ3v) is 4.87. The van der Waals surface area contributed by atoms with Gasteiger partial charge in [0.05, 0.1) is 6.04 Å². The molecule has 1 saturated heterocycles.